The molecule has 0 radical (unpaired) electrons. The van der Waals surface area contributed by atoms with Crippen LogP contribution in [0.2, 0.25) is 0 Å². The van der Waals surface area contributed by atoms with Crippen molar-refractivity contribution in [1.82, 2.24) is 39.0 Å². The normalized spacial score (nSPS) is 37.7. The Morgan fingerprint density at radius 1 is 0.933 bits per heavy atom. The molecule has 45 heavy (non-hydrogen) atoms. The highest BCUT2D eigenvalue weighted by atomic mass is 32.7. The summed E-state index contributed by atoms with van der Waals surface area (Å²) in [5, 5.41) is 11.4. The van der Waals surface area contributed by atoms with E-state index < -0.39 is 73.3 Å². The maximum atomic E-state index is 16.2. The fourth-order valence-electron chi connectivity index (χ4n) is 5.39. The zero-order valence-corrected chi connectivity index (χ0v) is 26.4. The van der Waals surface area contributed by atoms with Gasteiger partial charge in [0.25, 0.3) is 11.1 Å². The third-order valence-corrected chi connectivity index (χ3v) is 10.9. The number of hydrogen-bond acceptors (Lipinski definition) is 16. The number of imidazole rings is 2. The van der Waals surface area contributed by atoms with Crippen molar-refractivity contribution in [2.75, 3.05) is 18.9 Å². The Balaban J connectivity index is 1.17. The number of nitrogens with one attached hydrogen (secondary N) is 2. The summed E-state index contributed by atoms with van der Waals surface area (Å²) < 4.78 is 54.9. The first-order valence-electron chi connectivity index (χ1n) is 13.2. The molecular weight excluding hydrogens is 679 g/mol. The van der Waals surface area contributed by atoms with Crippen LogP contribution in [0, 0.1) is 0 Å². The van der Waals surface area contributed by atoms with Crippen molar-refractivity contribution in [2.24, 2.45) is 0 Å². The molecule has 7 heterocycles. The molecule has 3 aliphatic rings. The lowest BCUT2D eigenvalue weighted by molar-refractivity contribution is -0.0521. The molecule has 0 aromatic carbocycles. The number of nitrogen functional groups attached to an aromatic ring is 1. The van der Waals surface area contributed by atoms with Crippen molar-refractivity contribution in [3.8, 4) is 0 Å². The summed E-state index contributed by atoms with van der Waals surface area (Å²) in [5.41, 5.74) is 4.75. The second kappa shape index (κ2) is 11.3. The first-order valence-corrected chi connectivity index (χ1v) is 19.1. The zero-order valence-electron chi connectivity index (χ0n) is 22.8. The molecule has 4 aromatic heterocycles. The van der Waals surface area contributed by atoms with Gasteiger partial charge in [0.2, 0.25) is 5.95 Å². The van der Waals surface area contributed by atoms with Gasteiger partial charge in [-0.25, -0.2) is 19.3 Å². The van der Waals surface area contributed by atoms with E-state index in [2.05, 4.69) is 67.0 Å². The Bertz CT molecular complexity index is 2010. The molecule has 3 aliphatic heterocycles. The fourth-order valence-corrected chi connectivity index (χ4v) is 8.60. The first kappa shape index (κ1) is 31.1. The maximum absolute atomic E-state index is 16.2. The number of fused-ring (bicyclic) bond motifs is 4. The average Bonchev–Trinajstić information content (AvgIpc) is 3.72. The van der Waals surface area contributed by atoms with Crippen LogP contribution < -0.4 is 16.9 Å². The van der Waals surface area contributed by atoms with Crippen LogP contribution in [0.1, 0.15) is 12.5 Å². The SMILES string of the molecule is C=P1(S)OC[C@H]2O[C@@H](n3cnc4c(=O)[nH]cnc43)[C@H](O)[C@@H]2OP(=C)(S)OC[C@@H]2O[C@H](n3cnc4c(=O)[nH]c(N)nc43)[C@H](F)[C@H]2O1. The number of aromatic nitrogens is 8. The summed E-state index contributed by atoms with van der Waals surface area (Å²) in [6.07, 6.45) is 1.36. The minimum Gasteiger partial charge on any atom is -0.386 e. The van der Waals surface area contributed by atoms with E-state index in [1.165, 1.54) is 28.1 Å². The van der Waals surface area contributed by atoms with E-state index in [1.807, 2.05) is 0 Å². The van der Waals surface area contributed by atoms with Gasteiger partial charge in [0.15, 0.2) is 54.0 Å². The van der Waals surface area contributed by atoms with Gasteiger partial charge in [-0.15, -0.1) is 0 Å². The molecule has 0 saturated carbocycles. The molecule has 3 fully saturated rings. The third-order valence-electron chi connectivity index (χ3n) is 7.39. The Morgan fingerprint density at radius 3 is 2.20 bits per heavy atom. The number of halogens is 1. The highest BCUT2D eigenvalue weighted by Crippen LogP contribution is 2.60. The molecule has 3 saturated heterocycles. The van der Waals surface area contributed by atoms with E-state index in [0.29, 0.717) is 0 Å². The van der Waals surface area contributed by atoms with Gasteiger partial charge < -0.3 is 43.4 Å². The van der Waals surface area contributed by atoms with Crippen LogP contribution in [0.25, 0.3) is 22.3 Å². The number of aliphatic hydroxyl groups is 1. The van der Waals surface area contributed by atoms with Crippen molar-refractivity contribution in [3.63, 3.8) is 0 Å². The van der Waals surface area contributed by atoms with E-state index in [9.17, 15) is 14.7 Å². The molecule has 0 bridgehead atoms. The van der Waals surface area contributed by atoms with E-state index in [4.69, 9.17) is 33.3 Å². The van der Waals surface area contributed by atoms with Gasteiger partial charge in [-0.1, -0.05) is 24.5 Å². The molecule has 0 spiro atoms. The largest absolute Gasteiger partial charge is 0.386 e. The zero-order chi connectivity index (χ0) is 31.8. The lowest BCUT2D eigenvalue weighted by Crippen LogP contribution is -2.37. The van der Waals surface area contributed by atoms with E-state index in [-0.39, 0.29) is 41.5 Å². The lowest BCUT2D eigenvalue weighted by Gasteiger charge is -2.32. The summed E-state index contributed by atoms with van der Waals surface area (Å²) in [6, 6.07) is 0. The summed E-state index contributed by atoms with van der Waals surface area (Å²) in [7, 11) is 0. The minimum atomic E-state index is -3.36. The first-order chi connectivity index (χ1) is 21.3. The van der Waals surface area contributed by atoms with Crippen molar-refractivity contribution in [1.29, 1.82) is 0 Å². The van der Waals surface area contributed by atoms with Crippen LogP contribution in [0.5, 0.6) is 0 Å². The van der Waals surface area contributed by atoms with Gasteiger partial charge in [-0.3, -0.25) is 23.7 Å². The third kappa shape index (κ3) is 5.59. The predicted octanol–water partition coefficient (Wildman–Crippen LogP) is 0.395. The summed E-state index contributed by atoms with van der Waals surface area (Å²) in [4.78, 5) is 45.5. The lowest BCUT2D eigenvalue weighted by atomic mass is 10.1. The molecule has 0 aliphatic carbocycles. The van der Waals surface area contributed by atoms with E-state index in [0.717, 1.165) is 0 Å². The molecule has 23 heteroatoms. The van der Waals surface area contributed by atoms with Gasteiger partial charge in [0.05, 0.1) is 32.2 Å². The number of alkyl halides is 1. The second-order valence-electron chi connectivity index (χ2n) is 10.4. The molecule has 4 aromatic rings. The van der Waals surface area contributed by atoms with Crippen molar-refractivity contribution >= 4 is 78.5 Å². The van der Waals surface area contributed by atoms with Crippen molar-refractivity contribution in [2.45, 2.75) is 49.1 Å². The smallest absolute Gasteiger partial charge is 0.280 e. The van der Waals surface area contributed by atoms with Crippen LogP contribution in [0.15, 0.2) is 28.6 Å². The quantitative estimate of drug-likeness (QED) is 0.123. The van der Waals surface area contributed by atoms with E-state index >= 15 is 4.39 Å². The number of nitrogens with two attached hydrogens (primary N) is 1. The Kier molecular flexibility index (Phi) is 7.81. The van der Waals surface area contributed by atoms with Gasteiger partial charge in [-0.2, -0.15) is 4.98 Å². The van der Waals surface area contributed by atoms with Crippen molar-refractivity contribution < 1.29 is 37.1 Å². The monoisotopic (exact) mass is 705 g/mol. The minimum absolute atomic E-state index is 0.00420. The fraction of sp³-hybridized carbons (Fsp3) is 0.455. The summed E-state index contributed by atoms with van der Waals surface area (Å²) >= 11 is 8.98. The number of ether oxygens (including phenoxy) is 2. The van der Waals surface area contributed by atoms with E-state index in [1.54, 1.807) is 0 Å². The summed E-state index contributed by atoms with van der Waals surface area (Å²) in [6.45, 7) is -7.27. The molecule has 0 amide bonds. The number of nitrogens with zero attached hydrogens (tertiary/aromatic N) is 6. The van der Waals surface area contributed by atoms with Crippen LogP contribution in [0.3, 0.4) is 0 Å². The second-order valence-corrected chi connectivity index (χ2v) is 17.5. The Morgan fingerprint density at radius 2 is 1.51 bits per heavy atom. The van der Waals surface area contributed by atoms with Crippen LogP contribution in [0.4, 0.5) is 10.3 Å². The number of H-pyrrole nitrogens is 2. The maximum Gasteiger partial charge on any atom is 0.280 e. The highest BCUT2D eigenvalue weighted by molar-refractivity contribution is 8.48. The number of thiol groups is 2. The molecule has 242 valence electrons. The number of anilines is 1. The average molecular weight is 706 g/mol. The standard InChI is InChI=1S/C22H26FN9O9P2S2/c1-42(44)37-4-9-15(13(33)21(39-9)31-6-27-11-16(31)25-5-26-18(11)34)41-43(2,45)36-3-8-14(40-42)10(23)20(38-8)32-7-28-12-17(32)29-22(24)30-19(12)35/h5-10,13-15,20-21,33,44-45H,1-4H2,(H,25,26,34)(H3,24,29,30,35)/t8-,9+,10+,13+,14-,15+,20-,21+,42?,43?/m0/s1. The molecule has 18 nitrogen and oxygen atoms in total. The molecule has 10 atom stereocenters. The van der Waals surface area contributed by atoms with Gasteiger partial charge in [-0.05, 0) is 12.6 Å². The van der Waals surface area contributed by atoms with Crippen LogP contribution >= 0.6 is 37.6 Å². The van der Waals surface area contributed by atoms with Crippen molar-refractivity contribution in [3.05, 3.63) is 39.7 Å². The van der Waals surface area contributed by atoms with Gasteiger partial charge >= 0.3 is 0 Å². The number of aromatic amines is 2. The Hall–Kier alpha value is -2.55. The molecule has 2 unspecified atom stereocenters. The predicted molar refractivity (Wildman–Crippen MR) is 167 cm³/mol. The molecule has 7 rings (SSSR count). The van der Waals surface area contributed by atoms with Gasteiger partial charge in [0, 0.05) is 0 Å². The number of hydrogen-bond donors (Lipinski definition) is 6. The highest BCUT2D eigenvalue weighted by Gasteiger charge is 2.52. The van der Waals surface area contributed by atoms with Crippen LogP contribution in [-0.2, 0) is 27.6 Å². The molecular formula is C22H26FN9O9P2S2. The topological polar surface area (TPSA) is 229 Å². The number of aliphatic hydroxyl groups excluding tert-OH is 1. The summed E-state index contributed by atoms with van der Waals surface area (Å²) in [5.74, 6) is -0.192. The van der Waals surface area contributed by atoms with Crippen LogP contribution in [-0.4, -0.2) is 107 Å². The van der Waals surface area contributed by atoms with Gasteiger partial charge in [0.1, 0.15) is 30.5 Å². The number of rotatable bonds is 2. The Labute approximate surface area is 262 Å². The molecule has 5 N–H and O–H groups in total.